The van der Waals surface area contributed by atoms with Crippen molar-refractivity contribution in [2.75, 3.05) is 26.2 Å². The average molecular weight is 258 g/mol. The number of nitrogens with zero attached hydrogens (tertiary/aromatic N) is 1. The molecular formula is C13H17F3N2. The summed E-state index contributed by atoms with van der Waals surface area (Å²) >= 11 is 0. The van der Waals surface area contributed by atoms with Crippen molar-refractivity contribution in [1.82, 2.24) is 10.2 Å². The molecular weight excluding hydrogens is 241 g/mol. The van der Waals surface area contributed by atoms with Crippen LogP contribution in [-0.2, 0) is 0 Å². The van der Waals surface area contributed by atoms with Crippen LogP contribution in [0.25, 0.3) is 0 Å². The van der Waals surface area contributed by atoms with Crippen molar-refractivity contribution in [2.24, 2.45) is 0 Å². The van der Waals surface area contributed by atoms with Crippen LogP contribution in [0.4, 0.5) is 13.2 Å². The Labute approximate surface area is 105 Å². The van der Waals surface area contributed by atoms with Crippen LogP contribution in [0.5, 0.6) is 0 Å². The molecule has 100 valence electrons. The van der Waals surface area contributed by atoms with Crippen LogP contribution in [0.2, 0.25) is 0 Å². The summed E-state index contributed by atoms with van der Waals surface area (Å²) in [5.74, 6) is -0.543. The second-order valence-electron chi connectivity index (χ2n) is 4.59. The summed E-state index contributed by atoms with van der Waals surface area (Å²) < 4.78 is 40.3. The first-order valence-corrected chi connectivity index (χ1v) is 6.08. The Morgan fingerprint density at radius 2 is 1.89 bits per heavy atom. The molecule has 0 radical (unpaired) electrons. The van der Waals surface area contributed by atoms with Crippen molar-refractivity contribution in [2.45, 2.75) is 19.4 Å². The van der Waals surface area contributed by atoms with Gasteiger partial charge in [-0.3, -0.25) is 4.90 Å². The fourth-order valence-corrected chi connectivity index (χ4v) is 2.32. The lowest BCUT2D eigenvalue weighted by Gasteiger charge is -2.34. The molecule has 1 aromatic carbocycles. The number of alkyl halides is 2. The number of piperazine rings is 1. The lowest BCUT2D eigenvalue weighted by molar-refractivity contribution is 0.0164. The van der Waals surface area contributed by atoms with E-state index in [1.807, 2.05) is 0 Å². The minimum atomic E-state index is -2.58. The zero-order valence-corrected chi connectivity index (χ0v) is 10.3. The molecule has 0 aromatic heterocycles. The summed E-state index contributed by atoms with van der Waals surface area (Å²) in [6.07, 6.45) is -2.58. The summed E-state index contributed by atoms with van der Waals surface area (Å²) in [6.45, 7) is 4.10. The molecule has 1 atom stereocenters. The molecule has 18 heavy (non-hydrogen) atoms. The third-order valence-corrected chi connectivity index (χ3v) is 3.26. The summed E-state index contributed by atoms with van der Waals surface area (Å²) in [6, 6.07) is 3.32. The lowest BCUT2D eigenvalue weighted by Crippen LogP contribution is -2.47. The van der Waals surface area contributed by atoms with Crippen LogP contribution in [-0.4, -0.2) is 37.5 Å². The van der Waals surface area contributed by atoms with Crippen molar-refractivity contribution in [1.29, 1.82) is 0 Å². The van der Waals surface area contributed by atoms with Crippen molar-refractivity contribution in [3.05, 3.63) is 35.1 Å². The lowest BCUT2D eigenvalue weighted by atomic mass is 10.0. The molecule has 1 aliphatic heterocycles. The highest BCUT2D eigenvalue weighted by atomic mass is 19.3. The van der Waals surface area contributed by atoms with Gasteiger partial charge in [0.25, 0.3) is 6.43 Å². The topological polar surface area (TPSA) is 15.3 Å². The first-order chi connectivity index (χ1) is 8.59. The van der Waals surface area contributed by atoms with Crippen LogP contribution in [0.1, 0.15) is 17.2 Å². The summed E-state index contributed by atoms with van der Waals surface area (Å²) in [7, 11) is 0. The molecule has 1 saturated heterocycles. The van der Waals surface area contributed by atoms with E-state index in [0.29, 0.717) is 26.2 Å². The Balaban J connectivity index is 2.28. The van der Waals surface area contributed by atoms with Crippen LogP contribution in [0.3, 0.4) is 0 Å². The van der Waals surface area contributed by atoms with E-state index in [-0.39, 0.29) is 5.56 Å². The van der Waals surface area contributed by atoms with Gasteiger partial charge in [-0.2, -0.15) is 0 Å². The first-order valence-electron chi connectivity index (χ1n) is 6.08. The zero-order valence-electron chi connectivity index (χ0n) is 10.3. The van der Waals surface area contributed by atoms with E-state index in [9.17, 15) is 13.2 Å². The molecule has 2 rings (SSSR count). The minimum absolute atomic E-state index is 0.0949. The Kier molecular flexibility index (Phi) is 4.24. The van der Waals surface area contributed by atoms with Gasteiger partial charge in [0.1, 0.15) is 5.82 Å². The molecule has 1 N–H and O–H groups in total. The molecule has 0 aliphatic carbocycles. The summed E-state index contributed by atoms with van der Waals surface area (Å²) in [5, 5.41) is 3.10. The van der Waals surface area contributed by atoms with Gasteiger partial charge in [-0.05, 0) is 18.6 Å². The van der Waals surface area contributed by atoms with Crippen LogP contribution in [0.15, 0.2) is 18.2 Å². The highest BCUT2D eigenvalue weighted by molar-refractivity contribution is 5.26. The van der Waals surface area contributed by atoms with Crippen molar-refractivity contribution >= 4 is 0 Å². The Hall–Kier alpha value is -1.07. The maximum Gasteiger partial charge on any atom is 0.258 e. The fourth-order valence-electron chi connectivity index (χ4n) is 2.32. The van der Waals surface area contributed by atoms with Gasteiger partial charge in [0.2, 0.25) is 0 Å². The van der Waals surface area contributed by atoms with Crippen LogP contribution >= 0.6 is 0 Å². The van der Waals surface area contributed by atoms with Crippen molar-refractivity contribution < 1.29 is 13.2 Å². The fraction of sp³-hybridized carbons (Fsp3) is 0.538. The Morgan fingerprint density at radius 1 is 1.22 bits per heavy atom. The quantitative estimate of drug-likeness (QED) is 0.895. The molecule has 1 fully saturated rings. The molecule has 1 aromatic rings. The van der Waals surface area contributed by atoms with E-state index >= 15 is 0 Å². The van der Waals surface area contributed by atoms with Gasteiger partial charge in [0.15, 0.2) is 0 Å². The second-order valence-corrected chi connectivity index (χ2v) is 4.59. The molecule has 1 heterocycles. The largest absolute Gasteiger partial charge is 0.314 e. The molecule has 2 nitrogen and oxygen atoms in total. The number of halogens is 3. The third-order valence-electron chi connectivity index (χ3n) is 3.26. The van der Waals surface area contributed by atoms with E-state index in [0.717, 1.165) is 5.56 Å². The molecule has 0 bridgehead atoms. The molecule has 0 saturated carbocycles. The number of aryl methyl sites for hydroxylation is 1. The van der Waals surface area contributed by atoms with Gasteiger partial charge in [-0.1, -0.05) is 12.1 Å². The SMILES string of the molecule is Cc1ccc([C@@H](C(F)F)N2CCNCC2)c(F)c1. The number of benzene rings is 1. The maximum absolute atomic E-state index is 13.8. The van der Waals surface area contributed by atoms with Gasteiger partial charge in [-0.15, -0.1) is 0 Å². The van der Waals surface area contributed by atoms with E-state index in [4.69, 9.17) is 0 Å². The predicted octanol–water partition coefficient (Wildman–Crippen LogP) is 2.35. The molecule has 0 amide bonds. The Bertz CT molecular complexity index is 403. The third kappa shape index (κ3) is 2.84. The second kappa shape index (κ2) is 5.71. The van der Waals surface area contributed by atoms with Gasteiger partial charge in [0.05, 0.1) is 6.04 Å². The average Bonchev–Trinajstić information content (AvgIpc) is 2.33. The monoisotopic (exact) mass is 258 g/mol. The molecule has 5 heteroatoms. The maximum atomic E-state index is 13.8. The van der Waals surface area contributed by atoms with E-state index in [1.54, 1.807) is 17.9 Å². The number of rotatable bonds is 3. The predicted molar refractivity (Wildman–Crippen MR) is 64.3 cm³/mol. The van der Waals surface area contributed by atoms with Crippen molar-refractivity contribution in [3.8, 4) is 0 Å². The molecule has 0 spiro atoms. The van der Waals surface area contributed by atoms with E-state index < -0.39 is 18.3 Å². The summed E-state index contributed by atoms with van der Waals surface area (Å²) in [4.78, 5) is 1.65. The number of hydrogen-bond donors (Lipinski definition) is 1. The normalized spacial score (nSPS) is 19.2. The van der Waals surface area contributed by atoms with Gasteiger partial charge in [-0.25, -0.2) is 13.2 Å². The first kappa shape index (κ1) is 13.4. The smallest absolute Gasteiger partial charge is 0.258 e. The highest BCUT2D eigenvalue weighted by Crippen LogP contribution is 2.30. The van der Waals surface area contributed by atoms with Gasteiger partial charge >= 0.3 is 0 Å². The molecule has 1 aliphatic rings. The van der Waals surface area contributed by atoms with Crippen molar-refractivity contribution in [3.63, 3.8) is 0 Å². The zero-order chi connectivity index (χ0) is 13.1. The number of hydrogen-bond acceptors (Lipinski definition) is 2. The van der Waals surface area contributed by atoms with Gasteiger partial charge in [0, 0.05) is 31.7 Å². The van der Waals surface area contributed by atoms with Crippen LogP contribution in [0, 0.1) is 12.7 Å². The van der Waals surface area contributed by atoms with E-state index in [1.165, 1.54) is 12.1 Å². The highest BCUT2D eigenvalue weighted by Gasteiger charge is 2.31. The number of nitrogens with one attached hydrogen (secondary N) is 1. The Morgan fingerprint density at radius 3 is 2.44 bits per heavy atom. The standard InChI is InChI=1S/C13H17F3N2/c1-9-2-3-10(11(14)8-9)12(13(15)16)18-6-4-17-5-7-18/h2-3,8,12-13,17H,4-7H2,1H3/t12-/m0/s1. The van der Waals surface area contributed by atoms with E-state index in [2.05, 4.69) is 5.32 Å². The molecule has 0 unspecified atom stereocenters. The minimum Gasteiger partial charge on any atom is -0.314 e. The summed E-state index contributed by atoms with van der Waals surface area (Å²) in [5.41, 5.74) is 0.835. The van der Waals surface area contributed by atoms with Crippen LogP contribution < -0.4 is 5.32 Å². The van der Waals surface area contributed by atoms with Gasteiger partial charge < -0.3 is 5.32 Å².